The van der Waals surface area contributed by atoms with Crippen molar-refractivity contribution in [3.63, 3.8) is 0 Å². The van der Waals surface area contributed by atoms with Crippen LogP contribution in [0.1, 0.15) is 32.4 Å². The number of carbonyl (C=O) groups is 1. The molecule has 1 atom stereocenters. The van der Waals surface area contributed by atoms with E-state index in [1.165, 1.54) is 11.8 Å². The summed E-state index contributed by atoms with van der Waals surface area (Å²) in [4.78, 5) is 11.6. The van der Waals surface area contributed by atoms with Gasteiger partial charge in [-0.1, -0.05) is 25.9 Å². The van der Waals surface area contributed by atoms with E-state index in [4.69, 9.17) is 9.63 Å². The lowest BCUT2D eigenvalue weighted by atomic mass is 10.1. The average Bonchev–Trinajstić information content (AvgIpc) is 2.77. The molecule has 1 unspecified atom stereocenters. The van der Waals surface area contributed by atoms with Crippen LogP contribution in [0.5, 0.6) is 0 Å². The Balaban J connectivity index is 2.31. The molecule has 18 heavy (non-hydrogen) atoms. The highest BCUT2D eigenvalue weighted by atomic mass is 32.2. The zero-order chi connectivity index (χ0) is 13.5. The van der Waals surface area contributed by atoms with Crippen molar-refractivity contribution in [2.45, 2.75) is 26.7 Å². The first-order valence-electron chi connectivity index (χ1n) is 5.98. The van der Waals surface area contributed by atoms with E-state index >= 15 is 0 Å². The molecule has 1 heterocycles. The number of aliphatic hydroxyl groups is 1. The molecule has 2 N–H and O–H groups in total. The zero-order valence-electron chi connectivity index (χ0n) is 11.0. The number of anilines is 1. The van der Waals surface area contributed by atoms with Crippen LogP contribution in [-0.2, 0) is 4.79 Å². The van der Waals surface area contributed by atoms with Gasteiger partial charge in [-0.3, -0.25) is 10.1 Å². The Hall–Kier alpha value is -1.01. The summed E-state index contributed by atoms with van der Waals surface area (Å²) in [7, 11) is 0. The van der Waals surface area contributed by atoms with Gasteiger partial charge in [0.2, 0.25) is 11.8 Å². The fraction of sp³-hybridized carbons (Fsp3) is 0.667. The van der Waals surface area contributed by atoms with E-state index in [0.717, 1.165) is 11.4 Å². The first-order chi connectivity index (χ1) is 8.52. The van der Waals surface area contributed by atoms with E-state index in [1.54, 1.807) is 6.07 Å². The summed E-state index contributed by atoms with van der Waals surface area (Å²) >= 11 is 1.49. The maximum absolute atomic E-state index is 11.6. The monoisotopic (exact) mass is 272 g/mol. The van der Waals surface area contributed by atoms with Gasteiger partial charge in [0.05, 0.1) is 11.4 Å². The number of carbonyl (C=O) groups excluding carboxylic acids is 1. The minimum absolute atomic E-state index is 0.114. The predicted molar refractivity (Wildman–Crippen MR) is 72.8 cm³/mol. The number of nitrogens with one attached hydrogen (secondary N) is 1. The fourth-order valence-electron chi connectivity index (χ4n) is 1.20. The predicted octanol–water partition coefficient (Wildman–Crippen LogP) is 2.10. The van der Waals surface area contributed by atoms with Crippen LogP contribution in [-0.4, -0.2) is 34.3 Å². The van der Waals surface area contributed by atoms with Crippen LogP contribution < -0.4 is 5.32 Å². The van der Waals surface area contributed by atoms with Crippen molar-refractivity contribution in [1.29, 1.82) is 0 Å². The molecule has 0 saturated heterocycles. The maximum atomic E-state index is 11.6. The Morgan fingerprint density at radius 3 is 2.83 bits per heavy atom. The van der Waals surface area contributed by atoms with E-state index < -0.39 is 0 Å². The van der Waals surface area contributed by atoms with E-state index in [9.17, 15) is 4.79 Å². The lowest BCUT2D eigenvalue weighted by molar-refractivity contribution is -0.113. The Morgan fingerprint density at radius 2 is 2.28 bits per heavy atom. The number of amides is 1. The first kappa shape index (κ1) is 15.0. The van der Waals surface area contributed by atoms with Crippen LogP contribution in [0.2, 0.25) is 0 Å². The summed E-state index contributed by atoms with van der Waals surface area (Å²) < 4.78 is 5.01. The van der Waals surface area contributed by atoms with E-state index in [1.807, 2.05) is 20.8 Å². The van der Waals surface area contributed by atoms with Gasteiger partial charge in [-0.2, -0.15) is 11.8 Å². The second-order valence-electron chi connectivity index (χ2n) is 4.62. The molecule has 6 heteroatoms. The normalized spacial score (nSPS) is 12.7. The molecule has 0 fully saturated rings. The second-order valence-corrected chi connectivity index (χ2v) is 5.65. The number of thioether (sulfide) groups is 1. The van der Waals surface area contributed by atoms with E-state index in [0.29, 0.717) is 11.6 Å². The Labute approximate surface area is 111 Å². The van der Waals surface area contributed by atoms with Crippen molar-refractivity contribution >= 4 is 23.6 Å². The average molecular weight is 272 g/mol. The van der Waals surface area contributed by atoms with Gasteiger partial charge in [0, 0.05) is 12.7 Å². The molecule has 0 bridgehead atoms. The van der Waals surface area contributed by atoms with Gasteiger partial charge < -0.3 is 9.63 Å². The van der Waals surface area contributed by atoms with Crippen LogP contribution in [0.3, 0.4) is 0 Å². The minimum Gasteiger partial charge on any atom is -0.396 e. The molecule has 0 spiro atoms. The first-order valence-corrected chi connectivity index (χ1v) is 7.13. The Bertz CT molecular complexity index is 379. The number of hydrogen-bond donors (Lipinski definition) is 2. The third-order valence-electron chi connectivity index (χ3n) is 2.33. The molecule has 5 nitrogen and oxygen atoms in total. The highest BCUT2D eigenvalue weighted by Gasteiger charge is 2.10. The van der Waals surface area contributed by atoms with Crippen molar-refractivity contribution in [2.24, 2.45) is 5.92 Å². The fourth-order valence-corrected chi connectivity index (χ4v) is 2.08. The molecule has 1 amide bonds. The van der Waals surface area contributed by atoms with E-state index in [-0.39, 0.29) is 24.3 Å². The summed E-state index contributed by atoms with van der Waals surface area (Å²) in [5.41, 5.74) is 0.826. The summed E-state index contributed by atoms with van der Waals surface area (Å²) in [6.45, 7) is 6.11. The van der Waals surface area contributed by atoms with E-state index in [2.05, 4.69) is 10.5 Å². The molecule has 0 aliphatic rings. The molecule has 1 aromatic rings. The number of hydrogen-bond acceptors (Lipinski definition) is 5. The molecule has 102 valence electrons. The third-order valence-corrected chi connectivity index (χ3v) is 3.60. The standard InChI is InChI=1S/C12H20N2O3S/c1-8(2)10-4-12(17-14-10)13-11(16)7-18-6-9(3)5-15/h4,8-9,15H,5-7H2,1-3H3,(H,13,16). The Kier molecular flexibility index (Phi) is 6.21. The largest absolute Gasteiger partial charge is 0.396 e. The van der Waals surface area contributed by atoms with Crippen molar-refractivity contribution in [3.8, 4) is 0 Å². The van der Waals surface area contributed by atoms with Crippen molar-refractivity contribution in [2.75, 3.05) is 23.4 Å². The van der Waals surface area contributed by atoms with Gasteiger partial charge in [-0.25, -0.2) is 0 Å². The molecule has 0 radical (unpaired) electrons. The minimum atomic E-state index is -0.114. The van der Waals surface area contributed by atoms with Gasteiger partial charge in [0.25, 0.3) is 0 Å². The van der Waals surface area contributed by atoms with Gasteiger partial charge in [-0.15, -0.1) is 0 Å². The number of rotatable bonds is 7. The van der Waals surface area contributed by atoms with Crippen LogP contribution in [0.25, 0.3) is 0 Å². The van der Waals surface area contributed by atoms with Crippen molar-refractivity contribution in [1.82, 2.24) is 5.16 Å². The van der Waals surface area contributed by atoms with Crippen molar-refractivity contribution < 1.29 is 14.4 Å². The van der Waals surface area contributed by atoms with Crippen LogP contribution in [0.4, 0.5) is 5.88 Å². The second kappa shape index (κ2) is 7.43. The highest BCUT2D eigenvalue weighted by Crippen LogP contribution is 2.17. The third kappa shape index (κ3) is 5.10. The maximum Gasteiger partial charge on any atom is 0.236 e. The highest BCUT2D eigenvalue weighted by molar-refractivity contribution is 7.99. The van der Waals surface area contributed by atoms with Gasteiger partial charge in [-0.05, 0) is 17.6 Å². The van der Waals surface area contributed by atoms with Crippen LogP contribution in [0.15, 0.2) is 10.6 Å². The number of aromatic nitrogens is 1. The lowest BCUT2D eigenvalue weighted by Crippen LogP contribution is -2.15. The van der Waals surface area contributed by atoms with Crippen LogP contribution in [0, 0.1) is 5.92 Å². The Morgan fingerprint density at radius 1 is 1.56 bits per heavy atom. The number of nitrogens with zero attached hydrogens (tertiary/aromatic N) is 1. The molecular weight excluding hydrogens is 252 g/mol. The molecule has 0 saturated carbocycles. The molecule has 0 aliphatic carbocycles. The van der Waals surface area contributed by atoms with Crippen molar-refractivity contribution in [3.05, 3.63) is 11.8 Å². The molecule has 0 aliphatic heterocycles. The summed E-state index contributed by atoms with van der Waals surface area (Å²) in [5.74, 6) is 1.87. The smallest absolute Gasteiger partial charge is 0.236 e. The zero-order valence-corrected chi connectivity index (χ0v) is 11.8. The molecule has 1 rings (SSSR count). The summed E-state index contributed by atoms with van der Waals surface area (Å²) in [5, 5.41) is 15.4. The lowest BCUT2D eigenvalue weighted by Gasteiger charge is -2.06. The van der Waals surface area contributed by atoms with Crippen LogP contribution >= 0.6 is 11.8 Å². The SMILES string of the molecule is CC(CO)CSCC(=O)Nc1cc(C(C)C)no1. The quantitative estimate of drug-likeness (QED) is 0.795. The summed E-state index contributed by atoms with van der Waals surface area (Å²) in [6.07, 6.45) is 0. The molecular formula is C12H20N2O3S. The van der Waals surface area contributed by atoms with Gasteiger partial charge in [0.15, 0.2) is 0 Å². The molecule has 0 aromatic carbocycles. The molecule has 1 aromatic heterocycles. The number of aliphatic hydroxyl groups excluding tert-OH is 1. The summed E-state index contributed by atoms with van der Waals surface area (Å²) in [6, 6.07) is 1.74. The van der Waals surface area contributed by atoms with Gasteiger partial charge >= 0.3 is 0 Å². The topological polar surface area (TPSA) is 75.4 Å². The van der Waals surface area contributed by atoms with Gasteiger partial charge in [0.1, 0.15) is 0 Å².